The van der Waals surface area contributed by atoms with Gasteiger partial charge in [-0.1, -0.05) is 59.9 Å². The molecule has 0 aliphatic carbocycles. The van der Waals surface area contributed by atoms with Crippen LogP contribution in [0.4, 0.5) is 5.69 Å². The lowest BCUT2D eigenvalue weighted by atomic mass is 10.0. The van der Waals surface area contributed by atoms with E-state index in [9.17, 15) is 0 Å². The van der Waals surface area contributed by atoms with E-state index in [0.717, 1.165) is 91.7 Å². The summed E-state index contributed by atoms with van der Waals surface area (Å²) in [6.45, 7) is 7.10. The summed E-state index contributed by atoms with van der Waals surface area (Å²) < 4.78 is 25.8. The molecule has 4 fully saturated rings. The first-order chi connectivity index (χ1) is 17.0. The van der Waals surface area contributed by atoms with Gasteiger partial charge < -0.3 is 29.2 Å². The van der Waals surface area contributed by atoms with Gasteiger partial charge in [0.2, 0.25) is 0 Å². The van der Waals surface area contributed by atoms with Crippen LogP contribution in [0.1, 0.15) is 25.7 Å². The Hall–Kier alpha value is -0.230. The molecular weight excluding hydrogens is 679 g/mol. The summed E-state index contributed by atoms with van der Waals surface area (Å²) in [4.78, 5) is 2.39. The number of ether oxygens (including phenoxy) is 4. The van der Waals surface area contributed by atoms with E-state index in [1.165, 1.54) is 5.69 Å². The van der Waals surface area contributed by atoms with Gasteiger partial charge in [-0.15, -0.1) is 12.4 Å². The number of halogens is 4. The van der Waals surface area contributed by atoms with Gasteiger partial charge in [-0.25, -0.2) is 0 Å². The summed E-state index contributed by atoms with van der Waals surface area (Å²) in [6, 6.07) is 16.4. The molecule has 4 aliphatic heterocycles. The van der Waals surface area contributed by atoms with Crippen molar-refractivity contribution >= 4 is 65.9 Å². The zero-order valence-electron chi connectivity index (χ0n) is 20.2. The predicted octanol–water partition coefficient (Wildman–Crippen LogP) is 6.54. The number of benzene rings is 2. The molecule has 200 valence electrons. The number of nitrogens with zero attached hydrogens (tertiary/aromatic N) is 1. The highest BCUT2D eigenvalue weighted by Crippen LogP contribution is 2.33. The Kier molecular flexibility index (Phi) is 12.5. The minimum atomic E-state index is -0.275. The molecule has 2 aromatic rings. The summed E-state index contributed by atoms with van der Waals surface area (Å²) in [5.41, 5.74) is 1.27. The van der Waals surface area contributed by atoms with Crippen LogP contribution in [-0.4, -0.2) is 64.2 Å². The van der Waals surface area contributed by atoms with Crippen molar-refractivity contribution in [3.63, 3.8) is 0 Å². The van der Waals surface area contributed by atoms with Crippen molar-refractivity contribution in [3.05, 3.63) is 61.9 Å². The maximum Gasteiger partial charge on any atom is 0.171 e. The van der Waals surface area contributed by atoms with Gasteiger partial charge in [-0.3, -0.25) is 0 Å². The van der Waals surface area contributed by atoms with Crippen molar-refractivity contribution in [1.82, 2.24) is 5.32 Å². The third kappa shape index (κ3) is 8.92. The summed E-state index contributed by atoms with van der Waals surface area (Å²) in [7, 11) is 0. The van der Waals surface area contributed by atoms with Gasteiger partial charge in [0, 0.05) is 71.0 Å². The second-order valence-corrected chi connectivity index (χ2v) is 11.6. The smallest absolute Gasteiger partial charge is 0.171 e. The zero-order chi connectivity index (χ0) is 24.6. The van der Waals surface area contributed by atoms with Crippen molar-refractivity contribution in [2.24, 2.45) is 0 Å². The maximum absolute atomic E-state index is 5.73. The van der Waals surface area contributed by atoms with E-state index in [4.69, 9.17) is 18.9 Å². The molecular formula is C26H34Br3ClN2O4. The Balaban J connectivity index is 0.000000162. The topological polar surface area (TPSA) is 52.2 Å². The summed E-state index contributed by atoms with van der Waals surface area (Å²) in [6.07, 6.45) is 3.93. The Bertz CT molecular complexity index is 908. The molecule has 2 aromatic carbocycles. The Morgan fingerprint density at radius 3 is 1.53 bits per heavy atom. The molecule has 4 heterocycles. The summed E-state index contributed by atoms with van der Waals surface area (Å²) >= 11 is 10.2. The van der Waals surface area contributed by atoms with E-state index in [1.54, 1.807) is 0 Å². The molecule has 4 aliphatic rings. The molecule has 1 N–H and O–H groups in total. The lowest BCUT2D eigenvalue weighted by Crippen LogP contribution is -2.45. The standard InChI is InChI=1S/C13H16BrNO2.C7H13NO2.C6H4Br2.ClH/c14-11-2-1-3-12(10-11)15-6-4-13(5-7-15)16-8-9-17-13;1-3-8-4-2-7(1)9-5-6-10-7;7-5-2-1-3-6(8)4-5;/h1-3,10H,4-9H2;8H,1-6H2;1-4H;1H. The highest BCUT2D eigenvalue weighted by atomic mass is 79.9. The molecule has 0 unspecified atom stereocenters. The van der Waals surface area contributed by atoms with Crippen molar-refractivity contribution < 1.29 is 18.9 Å². The van der Waals surface area contributed by atoms with Gasteiger partial charge >= 0.3 is 0 Å². The van der Waals surface area contributed by atoms with Crippen molar-refractivity contribution in [3.8, 4) is 0 Å². The lowest BCUT2D eigenvalue weighted by Gasteiger charge is -2.38. The molecule has 4 saturated heterocycles. The van der Waals surface area contributed by atoms with Crippen molar-refractivity contribution in [2.45, 2.75) is 37.3 Å². The van der Waals surface area contributed by atoms with Crippen LogP contribution in [0.3, 0.4) is 0 Å². The molecule has 0 atom stereocenters. The fourth-order valence-electron chi connectivity index (χ4n) is 4.62. The highest BCUT2D eigenvalue weighted by molar-refractivity contribution is 9.11. The van der Waals surface area contributed by atoms with Gasteiger partial charge in [0.15, 0.2) is 11.6 Å². The Morgan fingerprint density at radius 1 is 0.639 bits per heavy atom. The first-order valence-electron chi connectivity index (χ1n) is 12.2. The first kappa shape index (κ1) is 30.3. The normalized spacial score (nSPS) is 21.7. The number of hydrogen-bond acceptors (Lipinski definition) is 6. The quantitative estimate of drug-likeness (QED) is 0.363. The van der Waals surface area contributed by atoms with E-state index in [2.05, 4.69) is 82.3 Å². The molecule has 0 radical (unpaired) electrons. The highest BCUT2D eigenvalue weighted by Gasteiger charge is 2.40. The van der Waals surface area contributed by atoms with Gasteiger partial charge in [0.05, 0.1) is 26.4 Å². The van der Waals surface area contributed by atoms with Crippen LogP contribution in [-0.2, 0) is 18.9 Å². The molecule has 2 spiro atoms. The number of piperidine rings is 2. The average molecular weight is 714 g/mol. The van der Waals surface area contributed by atoms with Gasteiger partial charge in [0.25, 0.3) is 0 Å². The first-order valence-corrected chi connectivity index (χ1v) is 14.5. The molecule has 36 heavy (non-hydrogen) atoms. The number of hydrogen-bond donors (Lipinski definition) is 1. The van der Waals surface area contributed by atoms with Crippen LogP contribution < -0.4 is 10.2 Å². The lowest BCUT2D eigenvalue weighted by molar-refractivity contribution is -0.172. The van der Waals surface area contributed by atoms with Gasteiger partial charge in [-0.2, -0.15) is 0 Å². The number of rotatable bonds is 1. The van der Waals surface area contributed by atoms with Crippen molar-refractivity contribution in [2.75, 3.05) is 57.5 Å². The summed E-state index contributed by atoms with van der Waals surface area (Å²) in [5, 5.41) is 3.28. The molecule has 0 bridgehead atoms. The molecule has 0 saturated carbocycles. The molecule has 6 nitrogen and oxygen atoms in total. The van der Waals surface area contributed by atoms with Crippen LogP contribution in [0.15, 0.2) is 61.9 Å². The minimum Gasteiger partial charge on any atom is -0.371 e. The minimum absolute atomic E-state index is 0. The van der Waals surface area contributed by atoms with Crippen LogP contribution in [0.2, 0.25) is 0 Å². The van der Waals surface area contributed by atoms with Crippen LogP contribution in [0.5, 0.6) is 0 Å². The predicted molar refractivity (Wildman–Crippen MR) is 156 cm³/mol. The van der Waals surface area contributed by atoms with Gasteiger partial charge in [-0.05, 0) is 36.4 Å². The Morgan fingerprint density at radius 2 is 1.08 bits per heavy atom. The number of nitrogens with one attached hydrogen (secondary N) is 1. The second-order valence-electron chi connectivity index (χ2n) is 8.87. The summed E-state index contributed by atoms with van der Waals surface area (Å²) in [5.74, 6) is -0.465. The van der Waals surface area contributed by atoms with Crippen LogP contribution in [0.25, 0.3) is 0 Å². The monoisotopic (exact) mass is 710 g/mol. The third-order valence-electron chi connectivity index (χ3n) is 6.48. The van der Waals surface area contributed by atoms with E-state index in [-0.39, 0.29) is 24.0 Å². The fourth-order valence-corrected chi connectivity index (χ4v) is 6.11. The van der Waals surface area contributed by atoms with E-state index >= 15 is 0 Å². The molecule has 6 rings (SSSR count). The van der Waals surface area contributed by atoms with E-state index < -0.39 is 0 Å². The molecule has 0 aromatic heterocycles. The third-order valence-corrected chi connectivity index (χ3v) is 7.96. The SMILES string of the molecule is Brc1cccc(Br)c1.Brc1cccc(N2CCC3(CC2)OCCO3)c1.C1CC2(CCN1)OCCO2.Cl. The average Bonchev–Trinajstić information content (AvgIpc) is 3.51. The van der Waals surface area contributed by atoms with Gasteiger partial charge in [0.1, 0.15) is 0 Å². The fraction of sp³-hybridized carbons (Fsp3) is 0.538. The van der Waals surface area contributed by atoms with Crippen LogP contribution in [0, 0.1) is 0 Å². The maximum atomic E-state index is 5.73. The van der Waals surface area contributed by atoms with E-state index in [1.807, 2.05) is 24.3 Å². The van der Waals surface area contributed by atoms with Crippen molar-refractivity contribution in [1.29, 1.82) is 0 Å². The Labute approximate surface area is 245 Å². The molecule has 10 heteroatoms. The number of anilines is 1. The zero-order valence-corrected chi connectivity index (χ0v) is 25.8. The van der Waals surface area contributed by atoms with Crippen LogP contribution >= 0.6 is 60.2 Å². The largest absolute Gasteiger partial charge is 0.371 e. The van der Waals surface area contributed by atoms with E-state index in [0.29, 0.717) is 0 Å². The molecule has 0 amide bonds. The second kappa shape index (κ2) is 14.8.